The van der Waals surface area contributed by atoms with Crippen molar-refractivity contribution in [3.8, 4) is 0 Å². The predicted octanol–water partition coefficient (Wildman–Crippen LogP) is 1.81. The van der Waals surface area contributed by atoms with Gasteiger partial charge in [0, 0.05) is 24.6 Å². The average Bonchev–Trinajstić information content (AvgIpc) is 3.37. The van der Waals surface area contributed by atoms with Crippen molar-refractivity contribution in [2.75, 3.05) is 19.7 Å². The second-order valence-corrected chi connectivity index (χ2v) is 6.92. The number of amides is 1. The van der Waals surface area contributed by atoms with Crippen LogP contribution in [0.3, 0.4) is 0 Å². The minimum atomic E-state index is -0.289. The minimum Gasteiger partial charge on any atom is -0.367 e. The molecule has 1 atom stereocenters. The Balaban J connectivity index is 1.48. The summed E-state index contributed by atoms with van der Waals surface area (Å²) in [5.41, 5.74) is 0.456. The molecule has 8 nitrogen and oxygen atoms in total. The molecule has 1 amide bonds. The SMILES string of the molecule is CC(C)c1n[nH]c(C2CN(C(=O)c3ccnc(C4CC4)n3)CCO2)n1. The molecule has 3 heterocycles. The van der Waals surface area contributed by atoms with Gasteiger partial charge in [0.2, 0.25) is 0 Å². The molecule has 1 aliphatic carbocycles. The Morgan fingerprint density at radius 2 is 2.20 bits per heavy atom. The molecule has 1 saturated heterocycles. The van der Waals surface area contributed by atoms with Crippen LogP contribution < -0.4 is 0 Å². The molecule has 1 aliphatic heterocycles. The number of H-pyrrole nitrogens is 1. The van der Waals surface area contributed by atoms with Gasteiger partial charge in [0.15, 0.2) is 11.6 Å². The van der Waals surface area contributed by atoms with Gasteiger partial charge in [-0.1, -0.05) is 13.8 Å². The van der Waals surface area contributed by atoms with E-state index in [0.717, 1.165) is 24.5 Å². The van der Waals surface area contributed by atoms with Crippen LogP contribution in [0.25, 0.3) is 0 Å². The zero-order valence-electron chi connectivity index (χ0n) is 14.5. The number of morpholine rings is 1. The fourth-order valence-corrected chi connectivity index (χ4v) is 2.88. The maximum atomic E-state index is 12.8. The maximum Gasteiger partial charge on any atom is 0.272 e. The Kier molecular flexibility index (Phi) is 4.20. The molecule has 0 radical (unpaired) electrons. The lowest BCUT2D eigenvalue weighted by atomic mass is 10.2. The van der Waals surface area contributed by atoms with Gasteiger partial charge in [-0.25, -0.2) is 15.0 Å². The molecular formula is C17H22N6O2. The van der Waals surface area contributed by atoms with Gasteiger partial charge < -0.3 is 9.64 Å². The third kappa shape index (κ3) is 3.39. The Hall–Kier alpha value is -2.35. The molecule has 2 aliphatic rings. The number of aromatic amines is 1. The molecule has 1 N–H and O–H groups in total. The van der Waals surface area contributed by atoms with E-state index < -0.39 is 0 Å². The largest absolute Gasteiger partial charge is 0.367 e. The zero-order valence-corrected chi connectivity index (χ0v) is 14.5. The van der Waals surface area contributed by atoms with Gasteiger partial charge in [-0.05, 0) is 18.9 Å². The fourth-order valence-electron chi connectivity index (χ4n) is 2.88. The fraction of sp³-hybridized carbons (Fsp3) is 0.588. The third-order valence-electron chi connectivity index (χ3n) is 4.53. The van der Waals surface area contributed by atoms with Crippen molar-refractivity contribution in [1.29, 1.82) is 0 Å². The summed E-state index contributed by atoms with van der Waals surface area (Å²) in [6.45, 7) is 5.53. The van der Waals surface area contributed by atoms with Gasteiger partial charge in [-0.3, -0.25) is 9.89 Å². The summed E-state index contributed by atoms with van der Waals surface area (Å²) in [5, 5.41) is 7.16. The molecule has 0 bridgehead atoms. The van der Waals surface area contributed by atoms with E-state index in [1.165, 1.54) is 0 Å². The van der Waals surface area contributed by atoms with Crippen molar-refractivity contribution < 1.29 is 9.53 Å². The summed E-state index contributed by atoms with van der Waals surface area (Å²) in [5.74, 6) is 2.80. The molecule has 1 unspecified atom stereocenters. The molecule has 8 heteroatoms. The Labute approximate surface area is 146 Å². The molecule has 0 aromatic carbocycles. The van der Waals surface area contributed by atoms with E-state index in [0.29, 0.717) is 37.1 Å². The molecule has 1 saturated carbocycles. The van der Waals surface area contributed by atoms with Crippen molar-refractivity contribution in [2.24, 2.45) is 0 Å². The molecule has 2 aromatic rings. The summed E-state index contributed by atoms with van der Waals surface area (Å²) in [6.07, 6.45) is 3.61. The van der Waals surface area contributed by atoms with Gasteiger partial charge in [-0.2, -0.15) is 5.10 Å². The summed E-state index contributed by atoms with van der Waals surface area (Å²) in [4.78, 5) is 27.8. The Morgan fingerprint density at radius 1 is 1.36 bits per heavy atom. The number of ether oxygens (including phenoxy) is 1. The number of carbonyl (C=O) groups is 1. The quantitative estimate of drug-likeness (QED) is 0.910. The topological polar surface area (TPSA) is 96.9 Å². The van der Waals surface area contributed by atoms with Crippen LogP contribution in [-0.2, 0) is 4.74 Å². The van der Waals surface area contributed by atoms with E-state index in [-0.39, 0.29) is 17.9 Å². The van der Waals surface area contributed by atoms with Gasteiger partial charge in [-0.15, -0.1) is 0 Å². The molecule has 4 rings (SSSR count). The van der Waals surface area contributed by atoms with Gasteiger partial charge in [0.05, 0.1) is 13.2 Å². The van der Waals surface area contributed by atoms with Crippen LogP contribution in [0.1, 0.15) is 72.6 Å². The van der Waals surface area contributed by atoms with E-state index in [1.807, 2.05) is 13.8 Å². The highest BCUT2D eigenvalue weighted by Gasteiger charge is 2.31. The Morgan fingerprint density at radius 3 is 2.92 bits per heavy atom. The highest BCUT2D eigenvalue weighted by atomic mass is 16.5. The number of hydrogen-bond acceptors (Lipinski definition) is 6. The number of hydrogen-bond donors (Lipinski definition) is 1. The van der Waals surface area contributed by atoms with Crippen LogP contribution in [-0.4, -0.2) is 55.7 Å². The lowest BCUT2D eigenvalue weighted by molar-refractivity contribution is -0.0268. The highest BCUT2D eigenvalue weighted by Crippen LogP contribution is 2.37. The summed E-state index contributed by atoms with van der Waals surface area (Å²) >= 11 is 0. The third-order valence-corrected chi connectivity index (χ3v) is 4.53. The first-order valence-corrected chi connectivity index (χ1v) is 8.78. The van der Waals surface area contributed by atoms with Crippen molar-refractivity contribution in [3.05, 3.63) is 35.4 Å². The van der Waals surface area contributed by atoms with Gasteiger partial charge >= 0.3 is 0 Å². The van der Waals surface area contributed by atoms with E-state index in [1.54, 1.807) is 17.2 Å². The van der Waals surface area contributed by atoms with E-state index >= 15 is 0 Å². The van der Waals surface area contributed by atoms with Crippen LogP contribution in [0.15, 0.2) is 12.3 Å². The first kappa shape index (κ1) is 16.1. The minimum absolute atomic E-state index is 0.0822. The number of carbonyl (C=O) groups excluding carboxylic acids is 1. The number of rotatable bonds is 4. The molecule has 2 aromatic heterocycles. The van der Waals surface area contributed by atoms with Crippen molar-refractivity contribution in [1.82, 2.24) is 30.0 Å². The average molecular weight is 342 g/mol. The molecule has 0 spiro atoms. The van der Waals surface area contributed by atoms with E-state index in [2.05, 4.69) is 25.1 Å². The van der Waals surface area contributed by atoms with Crippen LogP contribution in [0.2, 0.25) is 0 Å². The maximum absolute atomic E-state index is 12.8. The number of nitrogens with zero attached hydrogens (tertiary/aromatic N) is 5. The van der Waals surface area contributed by atoms with Gasteiger partial charge in [0.1, 0.15) is 17.6 Å². The zero-order chi connectivity index (χ0) is 17.4. The summed E-state index contributed by atoms with van der Waals surface area (Å²) in [7, 11) is 0. The molecule has 132 valence electrons. The van der Waals surface area contributed by atoms with Crippen LogP contribution in [0, 0.1) is 0 Å². The second-order valence-electron chi connectivity index (χ2n) is 6.92. The smallest absolute Gasteiger partial charge is 0.272 e. The van der Waals surface area contributed by atoms with Crippen molar-refractivity contribution in [2.45, 2.75) is 44.6 Å². The van der Waals surface area contributed by atoms with Crippen molar-refractivity contribution >= 4 is 5.91 Å². The lowest BCUT2D eigenvalue weighted by Gasteiger charge is -2.31. The van der Waals surface area contributed by atoms with Crippen molar-refractivity contribution in [3.63, 3.8) is 0 Å². The Bertz CT molecular complexity index is 770. The predicted molar refractivity (Wildman–Crippen MR) is 89.1 cm³/mol. The standard InChI is InChI=1S/C17H22N6O2/c1-10(2)14-20-16(22-21-14)13-9-23(7-8-25-13)17(24)12-5-6-18-15(19-12)11-3-4-11/h5-6,10-11,13H,3-4,7-9H2,1-2H3,(H,20,21,22). The monoisotopic (exact) mass is 342 g/mol. The first-order valence-electron chi connectivity index (χ1n) is 8.78. The van der Waals surface area contributed by atoms with Crippen LogP contribution in [0.4, 0.5) is 0 Å². The van der Waals surface area contributed by atoms with Gasteiger partial charge in [0.25, 0.3) is 5.91 Å². The van der Waals surface area contributed by atoms with Crippen LogP contribution >= 0.6 is 0 Å². The first-order chi connectivity index (χ1) is 12.1. The van der Waals surface area contributed by atoms with E-state index in [4.69, 9.17) is 4.74 Å². The summed E-state index contributed by atoms with van der Waals surface area (Å²) in [6, 6.07) is 1.68. The number of aromatic nitrogens is 5. The second kappa shape index (κ2) is 6.51. The molecule has 2 fully saturated rings. The highest BCUT2D eigenvalue weighted by molar-refractivity contribution is 5.92. The van der Waals surface area contributed by atoms with Crippen LogP contribution in [0.5, 0.6) is 0 Å². The molecular weight excluding hydrogens is 320 g/mol. The summed E-state index contributed by atoms with van der Waals surface area (Å²) < 4.78 is 5.78. The van der Waals surface area contributed by atoms with E-state index in [9.17, 15) is 4.79 Å². The normalized spacial score (nSPS) is 20.9. The lowest BCUT2D eigenvalue weighted by Crippen LogP contribution is -2.43. The number of nitrogens with one attached hydrogen (secondary N) is 1. The molecule has 25 heavy (non-hydrogen) atoms.